The largest absolute Gasteiger partial charge is 0.350 e. The van der Waals surface area contributed by atoms with Crippen LogP contribution in [-0.4, -0.2) is 19.0 Å². The summed E-state index contributed by atoms with van der Waals surface area (Å²) >= 11 is 5.94. The second-order valence-electron chi connectivity index (χ2n) is 4.91. The second-order valence-corrected chi connectivity index (χ2v) is 5.34. The van der Waals surface area contributed by atoms with Gasteiger partial charge in [0.25, 0.3) is 0 Å². The fourth-order valence-corrected chi connectivity index (χ4v) is 2.51. The van der Waals surface area contributed by atoms with Crippen LogP contribution in [-0.2, 0) is 4.79 Å². The monoisotopic (exact) mass is 302 g/mol. The first-order valence-electron chi connectivity index (χ1n) is 6.40. The highest BCUT2D eigenvalue weighted by Crippen LogP contribution is 2.18. The van der Waals surface area contributed by atoms with Crippen LogP contribution < -0.4 is 10.6 Å². The lowest BCUT2D eigenvalue weighted by Crippen LogP contribution is -2.28. The summed E-state index contributed by atoms with van der Waals surface area (Å²) in [6.45, 7) is 3.97. The second kappa shape index (κ2) is 7.73. The molecular weight excluding hydrogens is 283 g/mol. The summed E-state index contributed by atoms with van der Waals surface area (Å²) < 4.78 is 0. The molecule has 0 aliphatic carbocycles. The van der Waals surface area contributed by atoms with E-state index >= 15 is 0 Å². The molecule has 1 amide bonds. The van der Waals surface area contributed by atoms with E-state index in [-0.39, 0.29) is 24.4 Å². The quantitative estimate of drug-likeness (QED) is 0.898. The van der Waals surface area contributed by atoms with E-state index in [2.05, 4.69) is 10.6 Å². The topological polar surface area (TPSA) is 41.1 Å². The fourth-order valence-electron chi connectivity index (χ4n) is 2.31. The number of nitrogens with one attached hydrogen (secondary N) is 2. The van der Waals surface area contributed by atoms with Gasteiger partial charge in [-0.1, -0.05) is 23.7 Å². The van der Waals surface area contributed by atoms with Gasteiger partial charge in [0.05, 0.1) is 6.04 Å². The lowest BCUT2D eigenvalue weighted by atomic mass is 10.0. The lowest BCUT2D eigenvalue weighted by Gasteiger charge is -2.16. The van der Waals surface area contributed by atoms with Gasteiger partial charge in [0.15, 0.2) is 0 Å². The Kier molecular flexibility index (Phi) is 6.63. The predicted octanol–water partition coefficient (Wildman–Crippen LogP) is 2.94. The van der Waals surface area contributed by atoms with Crippen molar-refractivity contribution in [2.24, 2.45) is 5.92 Å². The Morgan fingerprint density at radius 2 is 2.37 bits per heavy atom. The van der Waals surface area contributed by atoms with Crippen molar-refractivity contribution < 1.29 is 4.79 Å². The van der Waals surface area contributed by atoms with Crippen molar-refractivity contribution in [2.45, 2.75) is 25.8 Å². The van der Waals surface area contributed by atoms with Crippen LogP contribution in [0.25, 0.3) is 0 Å². The summed E-state index contributed by atoms with van der Waals surface area (Å²) in [4.78, 5) is 11.9. The van der Waals surface area contributed by atoms with Crippen molar-refractivity contribution in [2.75, 3.05) is 13.1 Å². The van der Waals surface area contributed by atoms with E-state index in [4.69, 9.17) is 11.6 Å². The molecule has 5 heteroatoms. The van der Waals surface area contributed by atoms with Crippen molar-refractivity contribution in [3.05, 3.63) is 34.9 Å². The van der Waals surface area contributed by atoms with Gasteiger partial charge in [-0.15, -0.1) is 12.4 Å². The maximum atomic E-state index is 11.9. The molecule has 2 rings (SSSR count). The zero-order chi connectivity index (χ0) is 13.0. The molecule has 106 valence electrons. The average molecular weight is 303 g/mol. The molecule has 2 N–H and O–H groups in total. The first-order valence-corrected chi connectivity index (χ1v) is 6.78. The van der Waals surface area contributed by atoms with Gasteiger partial charge >= 0.3 is 0 Å². The lowest BCUT2D eigenvalue weighted by molar-refractivity contribution is -0.122. The summed E-state index contributed by atoms with van der Waals surface area (Å²) in [5, 5.41) is 7.00. The molecule has 3 nitrogen and oxygen atoms in total. The van der Waals surface area contributed by atoms with Crippen LogP contribution in [0.15, 0.2) is 24.3 Å². The van der Waals surface area contributed by atoms with E-state index in [1.165, 1.54) is 0 Å². The molecule has 0 spiro atoms. The van der Waals surface area contributed by atoms with Gasteiger partial charge in [-0.3, -0.25) is 4.79 Å². The first kappa shape index (κ1) is 16.3. The van der Waals surface area contributed by atoms with Crippen LogP contribution in [0.3, 0.4) is 0 Å². The Balaban J connectivity index is 0.00000180. The highest BCUT2D eigenvalue weighted by Gasteiger charge is 2.19. The molecule has 1 fully saturated rings. The van der Waals surface area contributed by atoms with Gasteiger partial charge < -0.3 is 10.6 Å². The zero-order valence-electron chi connectivity index (χ0n) is 11.0. The highest BCUT2D eigenvalue weighted by atomic mass is 35.5. The number of rotatable bonds is 4. The molecule has 1 aliphatic rings. The summed E-state index contributed by atoms with van der Waals surface area (Å²) in [6, 6.07) is 7.62. The Morgan fingerprint density at radius 3 is 3.00 bits per heavy atom. The average Bonchev–Trinajstić information content (AvgIpc) is 2.81. The van der Waals surface area contributed by atoms with Gasteiger partial charge in [0, 0.05) is 11.4 Å². The van der Waals surface area contributed by atoms with Crippen molar-refractivity contribution in [3.8, 4) is 0 Å². The standard InChI is InChI=1S/C14H19ClN2O.ClH/c1-10(12-3-2-4-13(15)8-12)17-14(18)7-11-5-6-16-9-11;/h2-4,8,10-11,16H,5-7,9H2,1H3,(H,17,18);1H/t10-,11?;/m1./s1. The summed E-state index contributed by atoms with van der Waals surface area (Å²) in [5.74, 6) is 0.604. The van der Waals surface area contributed by atoms with E-state index < -0.39 is 0 Å². The van der Waals surface area contributed by atoms with Crippen LogP contribution >= 0.6 is 24.0 Å². The van der Waals surface area contributed by atoms with Crippen molar-refractivity contribution in [1.29, 1.82) is 0 Å². The molecule has 1 saturated heterocycles. The molecular formula is C14H20Cl2N2O. The molecule has 1 aromatic rings. The Morgan fingerprint density at radius 1 is 1.58 bits per heavy atom. The Labute approximate surface area is 125 Å². The minimum absolute atomic E-state index is 0. The molecule has 0 radical (unpaired) electrons. The van der Waals surface area contributed by atoms with Gasteiger partial charge in [-0.05, 0) is 50.0 Å². The number of carbonyl (C=O) groups excluding carboxylic acids is 1. The van der Waals surface area contributed by atoms with Crippen LogP contribution in [0.4, 0.5) is 0 Å². The molecule has 2 atom stereocenters. The molecule has 1 unspecified atom stereocenters. The van der Waals surface area contributed by atoms with Crippen LogP contribution in [0.1, 0.15) is 31.4 Å². The van der Waals surface area contributed by atoms with Crippen molar-refractivity contribution >= 4 is 29.9 Å². The predicted molar refractivity (Wildman–Crippen MR) is 80.9 cm³/mol. The molecule has 0 saturated carbocycles. The van der Waals surface area contributed by atoms with E-state index in [1.807, 2.05) is 31.2 Å². The van der Waals surface area contributed by atoms with Crippen LogP contribution in [0.2, 0.25) is 5.02 Å². The normalized spacial score (nSPS) is 19.6. The number of halogens is 2. The van der Waals surface area contributed by atoms with Crippen molar-refractivity contribution in [1.82, 2.24) is 10.6 Å². The molecule has 0 bridgehead atoms. The third-order valence-electron chi connectivity index (χ3n) is 3.36. The smallest absolute Gasteiger partial charge is 0.220 e. The van der Waals surface area contributed by atoms with E-state index in [0.717, 1.165) is 25.1 Å². The maximum Gasteiger partial charge on any atom is 0.220 e. The number of carbonyl (C=O) groups is 1. The maximum absolute atomic E-state index is 11.9. The molecule has 0 aromatic heterocycles. The fraction of sp³-hybridized carbons (Fsp3) is 0.500. The first-order chi connectivity index (χ1) is 8.65. The minimum Gasteiger partial charge on any atom is -0.350 e. The Hall–Kier alpha value is -0.770. The molecule has 1 heterocycles. The van der Waals surface area contributed by atoms with Crippen LogP contribution in [0, 0.1) is 5.92 Å². The Bertz CT molecular complexity index is 420. The SMILES string of the molecule is C[C@@H](NC(=O)CC1CCNC1)c1cccc(Cl)c1.Cl. The van der Waals surface area contributed by atoms with E-state index in [0.29, 0.717) is 17.4 Å². The number of hydrogen-bond donors (Lipinski definition) is 2. The molecule has 1 aromatic carbocycles. The van der Waals surface area contributed by atoms with Crippen molar-refractivity contribution in [3.63, 3.8) is 0 Å². The third-order valence-corrected chi connectivity index (χ3v) is 3.60. The summed E-state index contributed by atoms with van der Waals surface area (Å²) in [5.41, 5.74) is 1.04. The van der Waals surface area contributed by atoms with Gasteiger partial charge in [-0.2, -0.15) is 0 Å². The van der Waals surface area contributed by atoms with Gasteiger partial charge in [0.2, 0.25) is 5.91 Å². The number of benzene rings is 1. The zero-order valence-corrected chi connectivity index (χ0v) is 12.6. The highest BCUT2D eigenvalue weighted by molar-refractivity contribution is 6.30. The number of amides is 1. The molecule has 1 aliphatic heterocycles. The van der Waals surface area contributed by atoms with E-state index in [1.54, 1.807) is 0 Å². The van der Waals surface area contributed by atoms with E-state index in [9.17, 15) is 4.79 Å². The van der Waals surface area contributed by atoms with Gasteiger partial charge in [-0.25, -0.2) is 0 Å². The molecule has 19 heavy (non-hydrogen) atoms. The third kappa shape index (κ3) is 5.01. The summed E-state index contributed by atoms with van der Waals surface area (Å²) in [6.07, 6.45) is 1.71. The van der Waals surface area contributed by atoms with Crippen LogP contribution in [0.5, 0.6) is 0 Å². The van der Waals surface area contributed by atoms with Gasteiger partial charge in [0.1, 0.15) is 0 Å². The summed E-state index contributed by atoms with van der Waals surface area (Å²) in [7, 11) is 0. The minimum atomic E-state index is 0. The number of hydrogen-bond acceptors (Lipinski definition) is 2.